The Morgan fingerprint density at radius 1 is 0.907 bits per heavy atom. The van der Waals surface area contributed by atoms with Gasteiger partial charge in [0.2, 0.25) is 0 Å². The Balaban J connectivity index is 1.59. The summed E-state index contributed by atoms with van der Waals surface area (Å²) in [5.41, 5.74) is 0.876. The van der Waals surface area contributed by atoms with E-state index in [0.717, 1.165) is 5.56 Å². The van der Waals surface area contributed by atoms with Crippen molar-refractivity contribution in [2.45, 2.75) is 45.9 Å². The SMILES string of the molecule is CCOc1ccc(-n2c([C@H]3CN(C(=O)OC(C)(C)C)CCN3C(=O)OCc3ccccc3)nc3ccccc3c2=O)cc1. The van der Waals surface area contributed by atoms with Crippen LogP contribution in [0.2, 0.25) is 0 Å². The number of aromatic nitrogens is 2. The van der Waals surface area contributed by atoms with Crippen molar-refractivity contribution < 1.29 is 23.8 Å². The van der Waals surface area contributed by atoms with E-state index in [9.17, 15) is 14.4 Å². The molecule has 4 aromatic rings. The number of ether oxygens (including phenoxy) is 3. The lowest BCUT2D eigenvalue weighted by Gasteiger charge is -2.41. The maximum absolute atomic E-state index is 14.0. The van der Waals surface area contributed by atoms with Crippen LogP contribution in [0.5, 0.6) is 5.75 Å². The lowest BCUT2D eigenvalue weighted by molar-refractivity contribution is -0.000510. The van der Waals surface area contributed by atoms with Gasteiger partial charge >= 0.3 is 12.2 Å². The molecule has 0 unspecified atom stereocenters. The normalized spacial score (nSPS) is 15.3. The molecule has 0 N–H and O–H groups in total. The van der Waals surface area contributed by atoms with E-state index in [0.29, 0.717) is 34.8 Å². The number of fused-ring (bicyclic) bond motifs is 1. The first-order valence-electron chi connectivity index (χ1n) is 14.3. The molecule has 0 bridgehead atoms. The van der Waals surface area contributed by atoms with Crippen LogP contribution in [0.3, 0.4) is 0 Å². The number of benzene rings is 3. The monoisotopic (exact) mass is 584 g/mol. The lowest BCUT2D eigenvalue weighted by atomic mass is 10.1. The molecule has 0 aliphatic carbocycles. The van der Waals surface area contributed by atoms with Gasteiger partial charge in [-0.15, -0.1) is 0 Å². The fraction of sp³-hybridized carbons (Fsp3) is 0.333. The standard InChI is InChI=1S/C33H36N4O6/c1-5-41-25-17-15-24(16-18-25)37-29(34-27-14-10-9-13-26(27)30(37)38)28-21-35(31(39)43-33(2,3)4)19-20-36(28)32(40)42-22-23-11-7-6-8-12-23/h6-18,28H,5,19-22H2,1-4H3/t28-/m1/s1. The summed E-state index contributed by atoms with van der Waals surface area (Å²) in [6, 6.07) is 22.8. The molecule has 5 rings (SSSR count). The van der Waals surface area contributed by atoms with Crippen LogP contribution >= 0.6 is 0 Å². The molecule has 10 nitrogen and oxygen atoms in total. The molecule has 224 valence electrons. The van der Waals surface area contributed by atoms with Gasteiger partial charge in [-0.05, 0) is 69.7 Å². The summed E-state index contributed by atoms with van der Waals surface area (Å²) < 4.78 is 18.5. The van der Waals surface area contributed by atoms with Gasteiger partial charge in [0.25, 0.3) is 5.56 Å². The minimum absolute atomic E-state index is 0.0527. The summed E-state index contributed by atoms with van der Waals surface area (Å²) in [6.45, 7) is 8.32. The Hall–Kier alpha value is -4.86. The molecule has 0 spiro atoms. The second-order valence-electron chi connectivity index (χ2n) is 11.2. The zero-order chi connectivity index (χ0) is 30.6. The number of piperazine rings is 1. The molecular weight excluding hydrogens is 548 g/mol. The minimum atomic E-state index is -0.812. The second-order valence-corrected chi connectivity index (χ2v) is 11.2. The fourth-order valence-electron chi connectivity index (χ4n) is 5.00. The van der Waals surface area contributed by atoms with Crippen LogP contribution in [0, 0.1) is 0 Å². The van der Waals surface area contributed by atoms with Crippen LogP contribution in [-0.4, -0.2) is 63.4 Å². The zero-order valence-electron chi connectivity index (χ0n) is 24.9. The molecule has 1 saturated heterocycles. The predicted molar refractivity (Wildman–Crippen MR) is 162 cm³/mol. The molecule has 1 atom stereocenters. The molecule has 0 saturated carbocycles. The number of para-hydroxylation sites is 1. The Labute approximate surface area is 250 Å². The minimum Gasteiger partial charge on any atom is -0.494 e. The van der Waals surface area contributed by atoms with Gasteiger partial charge in [-0.25, -0.2) is 14.6 Å². The summed E-state index contributed by atoms with van der Waals surface area (Å²) >= 11 is 0. The third kappa shape index (κ3) is 6.80. The average Bonchev–Trinajstić information content (AvgIpc) is 3.00. The molecule has 3 aromatic carbocycles. The zero-order valence-corrected chi connectivity index (χ0v) is 24.9. The van der Waals surface area contributed by atoms with Crippen molar-refractivity contribution in [1.82, 2.24) is 19.4 Å². The smallest absolute Gasteiger partial charge is 0.410 e. The van der Waals surface area contributed by atoms with E-state index in [1.165, 1.54) is 9.47 Å². The second kappa shape index (κ2) is 12.6. The number of hydrogen-bond acceptors (Lipinski definition) is 7. The van der Waals surface area contributed by atoms with E-state index < -0.39 is 23.8 Å². The molecule has 1 aromatic heterocycles. The fourth-order valence-corrected chi connectivity index (χ4v) is 5.00. The topological polar surface area (TPSA) is 103 Å². The molecule has 10 heteroatoms. The third-order valence-electron chi connectivity index (χ3n) is 6.98. The highest BCUT2D eigenvalue weighted by molar-refractivity contribution is 5.78. The molecule has 1 aliphatic rings. The average molecular weight is 585 g/mol. The number of nitrogens with zero attached hydrogens (tertiary/aromatic N) is 4. The Morgan fingerprint density at radius 2 is 1.60 bits per heavy atom. The van der Waals surface area contributed by atoms with Gasteiger partial charge in [0, 0.05) is 13.1 Å². The number of carbonyl (C=O) groups excluding carboxylic acids is 2. The van der Waals surface area contributed by atoms with Crippen LogP contribution in [0.25, 0.3) is 16.6 Å². The summed E-state index contributed by atoms with van der Waals surface area (Å²) in [6.07, 6.45) is -1.08. The number of rotatable bonds is 6. The summed E-state index contributed by atoms with van der Waals surface area (Å²) in [5, 5.41) is 0.429. The largest absolute Gasteiger partial charge is 0.494 e. The molecular formula is C33H36N4O6. The highest BCUT2D eigenvalue weighted by Gasteiger charge is 2.39. The van der Waals surface area contributed by atoms with Crippen LogP contribution in [-0.2, 0) is 16.1 Å². The van der Waals surface area contributed by atoms with E-state index in [1.54, 1.807) is 74.2 Å². The summed E-state index contributed by atoms with van der Waals surface area (Å²) in [7, 11) is 0. The van der Waals surface area contributed by atoms with Gasteiger partial charge in [0.1, 0.15) is 29.8 Å². The molecule has 0 radical (unpaired) electrons. The van der Waals surface area contributed by atoms with E-state index in [2.05, 4.69) is 0 Å². The quantitative estimate of drug-likeness (QED) is 0.286. The molecule has 1 fully saturated rings. The third-order valence-corrected chi connectivity index (χ3v) is 6.98. The maximum atomic E-state index is 14.0. The molecule has 43 heavy (non-hydrogen) atoms. The van der Waals surface area contributed by atoms with Crippen molar-refractivity contribution >= 4 is 23.1 Å². The van der Waals surface area contributed by atoms with Gasteiger partial charge < -0.3 is 19.1 Å². The highest BCUT2D eigenvalue weighted by Crippen LogP contribution is 2.29. The van der Waals surface area contributed by atoms with Crippen molar-refractivity contribution in [2.75, 3.05) is 26.2 Å². The van der Waals surface area contributed by atoms with E-state index >= 15 is 0 Å². The van der Waals surface area contributed by atoms with Gasteiger partial charge in [0.15, 0.2) is 0 Å². The summed E-state index contributed by atoms with van der Waals surface area (Å²) in [4.78, 5) is 48.8. The van der Waals surface area contributed by atoms with Gasteiger partial charge in [-0.2, -0.15) is 0 Å². The number of amides is 2. The number of carbonyl (C=O) groups is 2. The van der Waals surface area contributed by atoms with Crippen LogP contribution in [0.4, 0.5) is 9.59 Å². The van der Waals surface area contributed by atoms with Crippen molar-refractivity contribution in [1.29, 1.82) is 0 Å². The highest BCUT2D eigenvalue weighted by atomic mass is 16.6. The first-order chi connectivity index (χ1) is 20.6. The Morgan fingerprint density at radius 3 is 2.30 bits per heavy atom. The van der Waals surface area contributed by atoms with Crippen LogP contribution in [0.1, 0.15) is 45.1 Å². The van der Waals surface area contributed by atoms with Crippen molar-refractivity contribution in [3.05, 3.63) is 101 Å². The van der Waals surface area contributed by atoms with Crippen LogP contribution < -0.4 is 10.3 Å². The lowest BCUT2D eigenvalue weighted by Crippen LogP contribution is -2.54. The van der Waals surface area contributed by atoms with E-state index in [-0.39, 0.29) is 31.8 Å². The Kier molecular flexibility index (Phi) is 8.66. The van der Waals surface area contributed by atoms with Crippen molar-refractivity contribution in [3.63, 3.8) is 0 Å². The predicted octanol–water partition coefficient (Wildman–Crippen LogP) is 5.72. The van der Waals surface area contributed by atoms with E-state index in [1.807, 2.05) is 37.3 Å². The van der Waals surface area contributed by atoms with Crippen LogP contribution in [0.15, 0.2) is 83.7 Å². The Bertz CT molecular complexity index is 1650. The van der Waals surface area contributed by atoms with Gasteiger partial charge in [-0.3, -0.25) is 14.3 Å². The molecule has 1 aliphatic heterocycles. The number of hydrogen-bond donors (Lipinski definition) is 0. The van der Waals surface area contributed by atoms with Crippen molar-refractivity contribution in [2.24, 2.45) is 0 Å². The molecule has 2 amide bonds. The maximum Gasteiger partial charge on any atom is 0.410 e. The van der Waals surface area contributed by atoms with Gasteiger partial charge in [0.05, 0.1) is 29.7 Å². The van der Waals surface area contributed by atoms with Gasteiger partial charge in [-0.1, -0.05) is 42.5 Å². The first kappa shape index (κ1) is 29.6. The summed E-state index contributed by atoms with van der Waals surface area (Å²) in [5.74, 6) is 0.965. The molecule has 2 heterocycles. The van der Waals surface area contributed by atoms with E-state index in [4.69, 9.17) is 19.2 Å². The van der Waals surface area contributed by atoms with Crippen molar-refractivity contribution in [3.8, 4) is 11.4 Å². The first-order valence-corrected chi connectivity index (χ1v) is 14.3.